The number of hydrogen-bond donors (Lipinski definition) is 0. The Labute approximate surface area is 185 Å². The Hall–Kier alpha value is -0.790. The fourth-order valence-corrected chi connectivity index (χ4v) is 9.00. The summed E-state index contributed by atoms with van der Waals surface area (Å²) < 4.78 is 5.64. The van der Waals surface area contributed by atoms with Crippen LogP contribution >= 0.6 is 0 Å². The smallest absolute Gasteiger partial charge is 0.302 e. The van der Waals surface area contributed by atoms with Crippen LogP contribution in [0.3, 0.4) is 0 Å². The molecule has 0 bridgehead atoms. The first-order chi connectivity index (χ1) is 14.1. The number of ether oxygens (including phenoxy) is 1. The Morgan fingerprint density at radius 1 is 0.900 bits per heavy atom. The molecule has 0 aromatic carbocycles. The van der Waals surface area contributed by atoms with Gasteiger partial charge < -0.3 is 4.74 Å². The van der Waals surface area contributed by atoms with Crippen LogP contribution in [-0.2, 0) is 9.53 Å². The van der Waals surface area contributed by atoms with E-state index in [9.17, 15) is 4.79 Å². The van der Waals surface area contributed by atoms with E-state index in [1.165, 1.54) is 44.9 Å². The predicted octanol–water partition coefficient (Wildman–Crippen LogP) is 7.43. The molecule has 0 aromatic rings. The summed E-state index contributed by atoms with van der Waals surface area (Å²) in [7, 11) is 0. The quantitative estimate of drug-likeness (QED) is 0.353. The van der Waals surface area contributed by atoms with Gasteiger partial charge in [-0.1, -0.05) is 46.8 Å². The number of carbonyl (C=O) groups excluding carboxylic acids is 1. The average molecular weight is 415 g/mol. The van der Waals surface area contributed by atoms with Crippen molar-refractivity contribution in [3.8, 4) is 0 Å². The van der Waals surface area contributed by atoms with Crippen LogP contribution in [0.5, 0.6) is 0 Å². The van der Waals surface area contributed by atoms with Crippen LogP contribution < -0.4 is 0 Å². The normalized spacial score (nSPS) is 46.9. The molecule has 9 atom stereocenters. The van der Waals surface area contributed by atoms with Crippen molar-refractivity contribution in [1.29, 1.82) is 0 Å². The molecule has 2 heteroatoms. The summed E-state index contributed by atoms with van der Waals surface area (Å²) in [6.45, 7) is 13.9. The highest BCUT2D eigenvalue weighted by atomic mass is 16.5. The van der Waals surface area contributed by atoms with Crippen molar-refractivity contribution >= 4 is 5.97 Å². The van der Waals surface area contributed by atoms with Gasteiger partial charge in [-0.3, -0.25) is 4.79 Å². The van der Waals surface area contributed by atoms with E-state index in [0.29, 0.717) is 22.7 Å². The van der Waals surface area contributed by atoms with Gasteiger partial charge >= 0.3 is 5.97 Å². The first-order valence-corrected chi connectivity index (χ1v) is 13.0. The summed E-state index contributed by atoms with van der Waals surface area (Å²) in [5, 5.41) is 0. The number of hydrogen-bond acceptors (Lipinski definition) is 2. The standard InChI is InChI=1S/C28H46O2/c1-18(2)7-8-19(3)24-11-12-25-23-10-9-21-17-22(30-20(4)29)13-15-27(21,5)26(23)14-16-28(24,25)6/h7-8,18-19,21-26H,9-17H2,1-6H3/b8-7+/t19-,21+,22+,23+,24-,25+,26+,27+,28-/m1/s1. The Balaban J connectivity index is 1.49. The van der Waals surface area contributed by atoms with Crippen LogP contribution in [0.4, 0.5) is 0 Å². The van der Waals surface area contributed by atoms with Crippen molar-refractivity contribution in [2.24, 2.45) is 52.3 Å². The maximum Gasteiger partial charge on any atom is 0.302 e. The maximum absolute atomic E-state index is 11.5. The highest BCUT2D eigenvalue weighted by Crippen LogP contribution is 2.68. The molecule has 0 saturated heterocycles. The Morgan fingerprint density at radius 2 is 1.60 bits per heavy atom. The summed E-state index contributed by atoms with van der Waals surface area (Å²) in [6.07, 6.45) is 17.1. The fraction of sp³-hybridized carbons (Fsp3) is 0.893. The van der Waals surface area contributed by atoms with Crippen LogP contribution in [-0.4, -0.2) is 12.1 Å². The van der Waals surface area contributed by atoms with Gasteiger partial charge in [-0.2, -0.15) is 0 Å². The Morgan fingerprint density at radius 3 is 2.30 bits per heavy atom. The summed E-state index contributed by atoms with van der Waals surface area (Å²) in [6, 6.07) is 0. The van der Waals surface area contributed by atoms with E-state index in [0.717, 1.165) is 42.4 Å². The summed E-state index contributed by atoms with van der Waals surface area (Å²) in [5.41, 5.74) is 1.02. The third-order valence-corrected chi connectivity index (χ3v) is 10.5. The summed E-state index contributed by atoms with van der Waals surface area (Å²) in [5.74, 6) is 5.66. The Bertz CT molecular complexity index is 666. The molecule has 0 N–H and O–H groups in total. The minimum Gasteiger partial charge on any atom is -0.463 e. The van der Waals surface area contributed by atoms with Gasteiger partial charge in [0.05, 0.1) is 0 Å². The molecule has 4 fully saturated rings. The van der Waals surface area contributed by atoms with Gasteiger partial charge in [0.15, 0.2) is 0 Å². The van der Waals surface area contributed by atoms with Gasteiger partial charge in [0.2, 0.25) is 0 Å². The largest absolute Gasteiger partial charge is 0.463 e. The third-order valence-electron chi connectivity index (χ3n) is 10.5. The molecule has 4 saturated carbocycles. The number of fused-ring (bicyclic) bond motifs is 5. The van der Waals surface area contributed by atoms with Gasteiger partial charge in [-0.25, -0.2) is 0 Å². The van der Waals surface area contributed by atoms with Gasteiger partial charge in [-0.15, -0.1) is 0 Å². The molecule has 30 heavy (non-hydrogen) atoms. The molecule has 170 valence electrons. The van der Waals surface area contributed by atoms with Crippen LogP contribution in [0.1, 0.15) is 99.3 Å². The minimum atomic E-state index is -0.0941. The predicted molar refractivity (Wildman–Crippen MR) is 124 cm³/mol. The van der Waals surface area contributed by atoms with Gasteiger partial charge in [0.1, 0.15) is 6.10 Å². The first-order valence-electron chi connectivity index (χ1n) is 13.0. The average Bonchev–Trinajstić information content (AvgIpc) is 3.03. The van der Waals surface area contributed by atoms with Gasteiger partial charge in [0.25, 0.3) is 0 Å². The summed E-state index contributed by atoms with van der Waals surface area (Å²) in [4.78, 5) is 11.5. The molecule has 4 aliphatic rings. The molecule has 4 aliphatic carbocycles. The van der Waals surface area contributed by atoms with Crippen LogP contribution in [0.15, 0.2) is 12.2 Å². The van der Waals surface area contributed by atoms with Gasteiger partial charge in [0, 0.05) is 6.92 Å². The van der Waals surface area contributed by atoms with Crippen molar-refractivity contribution in [3.63, 3.8) is 0 Å². The second-order valence-electron chi connectivity index (χ2n) is 12.4. The van der Waals surface area contributed by atoms with E-state index < -0.39 is 0 Å². The lowest BCUT2D eigenvalue weighted by Gasteiger charge is -2.61. The zero-order chi connectivity index (χ0) is 21.7. The van der Waals surface area contributed by atoms with Crippen LogP contribution in [0.2, 0.25) is 0 Å². The molecule has 0 spiro atoms. The van der Waals surface area contributed by atoms with E-state index in [4.69, 9.17) is 4.74 Å². The highest BCUT2D eigenvalue weighted by molar-refractivity contribution is 5.66. The van der Waals surface area contributed by atoms with E-state index in [2.05, 4.69) is 46.8 Å². The lowest BCUT2D eigenvalue weighted by Crippen LogP contribution is -2.54. The van der Waals surface area contributed by atoms with Crippen molar-refractivity contribution in [2.75, 3.05) is 0 Å². The molecular weight excluding hydrogens is 368 g/mol. The molecule has 2 nitrogen and oxygen atoms in total. The van der Waals surface area contributed by atoms with E-state index >= 15 is 0 Å². The molecule has 0 unspecified atom stereocenters. The molecule has 0 amide bonds. The zero-order valence-electron chi connectivity index (χ0n) is 20.5. The molecule has 0 aliphatic heterocycles. The number of allylic oxidation sites excluding steroid dienone is 2. The van der Waals surface area contributed by atoms with Crippen LogP contribution in [0, 0.1) is 52.3 Å². The van der Waals surface area contributed by atoms with Crippen molar-refractivity contribution in [3.05, 3.63) is 12.2 Å². The molecular formula is C28H46O2. The lowest BCUT2D eigenvalue weighted by molar-refractivity contribution is -0.160. The van der Waals surface area contributed by atoms with Crippen molar-refractivity contribution in [2.45, 2.75) is 105 Å². The monoisotopic (exact) mass is 414 g/mol. The molecule has 0 aromatic heterocycles. The Kier molecular flexibility index (Phi) is 6.19. The van der Waals surface area contributed by atoms with Crippen molar-refractivity contribution in [1.82, 2.24) is 0 Å². The highest BCUT2D eigenvalue weighted by Gasteiger charge is 2.60. The van der Waals surface area contributed by atoms with E-state index in [-0.39, 0.29) is 12.1 Å². The topological polar surface area (TPSA) is 26.3 Å². The third kappa shape index (κ3) is 3.79. The van der Waals surface area contributed by atoms with E-state index in [1.54, 1.807) is 6.92 Å². The maximum atomic E-state index is 11.5. The molecule has 0 radical (unpaired) electrons. The number of carbonyl (C=O) groups is 1. The zero-order valence-corrected chi connectivity index (χ0v) is 20.5. The second kappa shape index (κ2) is 8.28. The van der Waals surface area contributed by atoms with Crippen LogP contribution in [0.25, 0.3) is 0 Å². The van der Waals surface area contributed by atoms with Gasteiger partial charge in [-0.05, 0) is 110 Å². The SMILES string of the molecule is CC(=O)O[C@H]1CC[C@@]2(C)[C@@H](CC[C@@H]3[C@@H]2CC[C@]2(C)[C@@H]([C@H](C)/C=C/C(C)C)CC[C@@H]32)C1. The fourth-order valence-electron chi connectivity index (χ4n) is 9.00. The number of esters is 1. The van der Waals surface area contributed by atoms with E-state index in [1.807, 2.05) is 0 Å². The minimum absolute atomic E-state index is 0.0941. The summed E-state index contributed by atoms with van der Waals surface area (Å²) >= 11 is 0. The number of rotatable bonds is 4. The second-order valence-corrected chi connectivity index (χ2v) is 12.4. The molecule has 4 rings (SSSR count). The lowest BCUT2D eigenvalue weighted by atomic mass is 9.44. The van der Waals surface area contributed by atoms with Crippen molar-refractivity contribution < 1.29 is 9.53 Å². The first kappa shape index (κ1) is 22.4. The molecule has 0 heterocycles.